The highest BCUT2D eigenvalue weighted by molar-refractivity contribution is 6.36. The summed E-state index contributed by atoms with van der Waals surface area (Å²) in [6.45, 7) is 8.33. The summed E-state index contributed by atoms with van der Waals surface area (Å²) in [5.41, 5.74) is 4.85. The van der Waals surface area contributed by atoms with Gasteiger partial charge in [0.25, 0.3) is 0 Å². The van der Waals surface area contributed by atoms with Gasteiger partial charge >= 0.3 is 6.09 Å². The first-order chi connectivity index (χ1) is 15.7. The molecule has 5 nitrogen and oxygen atoms in total. The number of fused-ring (bicyclic) bond motifs is 1. The van der Waals surface area contributed by atoms with Gasteiger partial charge in [-0.05, 0) is 81.3 Å². The Kier molecular flexibility index (Phi) is 6.79. The molecule has 1 amide bonds. The highest BCUT2D eigenvalue weighted by atomic mass is 35.5. The number of rotatable bonds is 2. The Bertz CT molecular complexity index is 1110. The van der Waals surface area contributed by atoms with Crippen LogP contribution in [-0.4, -0.2) is 36.2 Å². The van der Waals surface area contributed by atoms with Crippen LogP contribution in [0.3, 0.4) is 0 Å². The molecule has 0 saturated carbocycles. The van der Waals surface area contributed by atoms with Crippen LogP contribution in [0.25, 0.3) is 11.1 Å². The van der Waals surface area contributed by atoms with Crippen molar-refractivity contribution in [1.82, 2.24) is 4.90 Å². The number of nitrogens with zero attached hydrogens (tertiary/aromatic N) is 3. The average Bonchev–Trinajstić information content (AvgIpc) is 2.77. The first-order valence-corrected chi connectivity index (χ1v) is 12.2. The van der Waals surface area contributed by atoms with Crippen LogP contribution in [-0.2, 0) is 17.7 Å². The van der Waals surface area contributed by atoms with Crippen LogP contribution in [0, 0.1) is 11.3 Å². The van der Waals surface area contributed by atoms with E-state index in [1.807, 2.05) is 32.9 Å². The molecule has 2 aromatic rings. The molecular weight excluding hydrogens is 457 g/mol. The highest BCUT2D eigenvalue weighted by Crippen LogP contribution is 2.41. The fourth-order valence-electron chi connectivity index (χ4n) is 4.68. The maximum atomic E-state index is 12.8. The third-order valence-electron chi connectivity index (χ3n) is 6.19. The lowest BCUT2D eigenvalue weighted by atomic mass is 9.86. The molecule has 0 aliphatic carbocycles. The van der Waals surface area contributed by atoms with Gasteiger partial charge in [0, 0.05) is 41.8 Å². The van der Waals surface area contributed by atoms with E-state index in [9.17, 15) is 10.1 Å². The molecule has 0 bridgehead atoms. The fraction of sp³-hybridized carbons (Fsp3) is 0.462. The number of piperidine rings is 1. The summed E-state index contributed by atoms with van der Waals surface area (Å²) >= 11 is 12.8. The second-order valence-electron chi connectivity index (χ2n) is 9.71. The number of carbonyl (C=O) groups is 1. The Morgan fingerprint density at radius 1 is 1.03 bits per heavy atom. The summed E-state index contributed by atoms with van der Waals surface area (Å²) in [7, 11) is 0. The van der Waals surface area contributed by atoms with E-state index < -0.39 is 5.60 Å². The van der Waals surface area contributed by atoms with Crippen LogP contribution in [0.4, 0.5) is 10.5 Å². The van der Waals surface area contributed by atoms with Gasteiger partial charge in [0.05, 0.1) is 11.3 Å². The predicted octanol–water partition coefficient (Wildman–Crippen LogP) is 6.82. The topological polar surface area (TPSA) is 56.6 Å². The van der Waals surface area contributed by atoms with Crippen LogP contribution in [0.2, 0.25) is 10.0 Å². The molecule has 0 atom stereocenters. The Labute approximate surface area is 205 Å². The minimum Gasteiger partial charge on any atom is -0.444 e. The van der Waals surface area contributed by atoms with Crippen molar-refractivity contribution in [3.05, 3.63) is 51.0 Å². The SMILES string of the molecule is CC(C)(C)OC(=O)N1CCc2c(C#N)c(N3CCCCC3)cc(-c3ccc(Cl)cc3Cl)c2C1. The molecule has 2 heterocycles. The highest BCUT2D eigenvalue weighted by Gasteiger charge is 2.31. The lowest BCUT2D eigenvalue weighted by Crippen LogP contribution is -2.40. The summed E-state index contributed by atoms with van der Waals surface area (Å²) in [5.74, 6) is 0. The van der Waals surface area contributed by atoms with E-state index >= 15 is 0 Å². The molecular formula is C26H29Cl2N3O2. The number of hydrogen-bond acceptors (Lipinski definition) is 4. The lowest BCUT2D eigenvalue weighted by Gasteiger charge is -2.36. The summed E-state index contributed by atoms with van der Waals surface area (Å²) in [6.07, 6.45) is 3.69. The van der Waals surface area contributed by atoms with Crippen LogP contribution in [0.5, 0.6) is 0 Å². The average molecular weight is 486 g/mol. The zero-order chi connectivity index (χ0) is 23.8. The summed E-state index contributed by atoms with van der Waals surface area (Å²) in [4.78, 5) is 16.9. The van der Waals surface area contributed by atoms with E-state index in [4.69, 9.17) is 27.9 Å². The van der Waals surface area contributed by atoms with Crippen LogP contribution < -0.4 is 4.90 Å². The molecule has 2 aliphatic heterocycles. The van der Waals surface area contributed by atoms with Crippen molar-refractivity contribution in [2.45, 2.75) is 58.6 Å². The van der Waals surface area contributed by atoms with Gasteiger partial charge in [-0.1, -0.05) is 29.3 Å². The second-order valence-corrected chi connectivity index (χ2v) is 10.6. The van der Waals surface area contributed by atoms with Crippen molar-refractivity contribution < 1.29 is 9.53 Å². The normalized spacial score (nSPS) is 16.2. The molecule has 0 N–H and O–H groups in total. The number of ether oxygens (including phenoxy) is 1. The molecule has 2 aliphatic rings. The van der Waals surface area contributed by atoms with E-state index in [0.29, 0.717) is 35.1 Å². The fourth-order valence-corrected chi connectivity index (χ4v) is 5.19. The second kappa shape index (κ2) is 9.44. The first-order valence-electron chi connectivity index (χ1n) is 11.4. The van der Waals surface area contributed by atoms with E-state index in [1.165, 1.54) is 6.42 Å². The van der Waals surface area contributed by atoms with Gasteiger partial charge in [0.2, 0.25) is 0 Å². The van der Waals surface area contributed by atoms with Gasteiger partial charge in [0.15, 0.2) is 0 Å². The zero-order valence-electron chi connectivity index (χ0n) is 19.4. The molecule has 4 rings (SSSR count). The molecule has 0 radical (unpaired) electrons. The number of anilines is 1. The monoisotopic (exact) mass is 485 g/mol. The maximum absolute atomic E-state index is 12.8. The molecule has 0 unspecified atom stereocenters. The van der Waals surface area contributed by atoms with Gasteiger partial charge < -0.3 is 14.5 Å². The largest absolute Gasteiger partial charge is 0.444 e. The molecule has 0 spiro atoms. The Hall–Kier alpha value is -2.42. The van der Waals surface area contributed by atoms with Gasteiger partial charge in [-0.25, -0.2) is 4.79 Å². The van der Waals surface area contributed by atoms with E-state index in [1.54, 1.807) is 11.0 Å². The third-order valence-corrected chi connectivity index (χ3v) is 6.74. The smallest absolute Gasteiger partial charge is 0.410 e. The quantitative estimate of drug-likeness (QED) is 0.468. The number of carbonyl (C=O) groups excluding carboxylic acids is 1. The van der Waals surface area contributed by atoms with Gasteiger partial charge in [-0.2, -0.15) is 5.26 Å². The maximum Gasteiger partial charge on any atom is 0.410 e. The number of halogens is 2. The zero-order valence-corrected chi connectivity index (χ0v) is 20.9. The van der Waals surface area contributed by atoms with Gasteiger partial charge in [0.1, 0.15) is 11.7 Å². The Balaban J connectivity index is 1.85. The van der Waals surface area contributed by atoms with E-state index in [0.717, 1.165) is 53.9 Å². The summed E-state index contributed by atoms with van der Waals surface area (Å²) < 4.78 is 5.62. The summed E-state index contributed by atoms with van der Waals surface area (Å²) in [5, 5.41) is 11.3. The van der Waals surface area contributed by atoms with E-state index in [2.05, 4.69) is 17.0 Å². The van der Waals surface area contributed by atoms with Crippen LogP contribution >= 0.6 is 23.2 Å². The molecule has 2 aromatic carbocycles. The minimum atomic E-state index is -0.574. The molecule has 1 fully saturated rings. The number of amides is 1. The van der Waals surface area contributed by atoms with Crippen molar-refractivity contribution in [2.75, 3.05) is 24.5 Å². The Morgan fingerprint density at radius 2 is 1.76 bits per heavy atom. The number of hydrogen-bond donors (Lipinski definition) is 0. The molecule has 1 saturated heterocycles. The van der Waals surface area contributed by atoms with Crippen molar-refractivity contribution in [1.29, 1.82) is 5.26 Å². The van der Waals surface area contributed by atoms with Crippen molar-refractivity contribution >= 4 is 35.0 Å². The Morgan fingerprint density at radius 3 is 2.39 bits per heavy atom. The van der Waals surface area contributed by atoms with Crippen molar-refractivity contribution in [3.63, 3.8) is 0 Å². The van der Waals surface area contributed by atoms with E-state index in [-0.39, 0.29) is 6.09 Å². The minimum absolute atomic E-state index is 0.347. The summed E-state index contributed by atoms with van der Waals surface area (Å²) in [6, 6.07) is 10.0. The lowest BCUT2D eigenvalue weighted by molar-refractivity contribution is 0.0224. The molecule has 33 heavy (non-hydrogen) atoms. The molecule has 7 heteroatoms. The van der Waals surface area contributed by atoms with Crippen LogP contribution in [0.1, 0.15) is 56.7 Å². The van der Waals surface area contributed by atoms with Crippen molar-refractivity contribution in [2.24, 2.45) is 0 Å². The standard InChI is InChI=1S/C26H29Cl2N3O2/c1-26(2,3)33-25(32)31-12-9-18-21(15-29)24(30-10-5-4-6-11-30)14-20(22(18)16-31)19-8-7-17(27)13-23(19)28/h7-8,13-14H,4-6,9-12,16H2,1-3H3. The predicted molar refractivity (Wildman–Crippen MR) is 133 cm³/mol. The third kappa shape index (κ3) is 5.08. The number of benzene rings is 2. The molecule has 0 aromatic heterocycles. The van der Waals surface area contributed by atoms with Gasteiger partial charge in [-0.15, -0.1) is 0 Å². The van der Waals surface area contributed by atoms with Gasteiger partial charge in [-0.3, -0.25) is 0 Å². The number of nitriles is 1. The first kappa shape index (κ1) is 23.7. The van der Waals surface area contributed by atoms with Crippen molar-refractivity contribution in [3.8, 4) is 17.2 Å². The van der Waals surface area contributed by atoms with Crippen LogP contribution in [0.15, 0.2) is 24.3 Å². The molecule has 174 valence electrons.